The zero-order chi connectivity index (χ0) is 14.8. The van der Waals surface area contributed by atoms with E-state index in [0.717, 1.165) is 5.75 Å². The predicted molar refractivity (Wildman–Crippen MR) is 78.8 cm³/mol. The van der Waals surface area contributed by atoms with Crippen LogP contribution in [0.25, 0.3) is 0 Å². The standard InChI is InChI=1S/C16H13FO3S/c17-13-6-3-5-12(16(18)19)15(13)20-8-10-9-21-14-7-2-1-4-11(10)14/h1-7,10H,8-9H2,(H,18,19). The molecule has 2 aromatic rings. The van der Waals surface area contributed by atoms with Gasteiger partial charge < -0.3 is 9.84 Å². The van der Waals surface area contributed by atoms with E-state index in [1.165, 1.54) is 28.7 Å². The van der Waals surface area contributed by atoms with E-state index in [0.29, 0.717) is 0 Å². The van der Waals surface area contributed by atoms with Gasteiger partial charge in [-0.05, 0) is 23.8 Å². The lowest BCUT2D eigenvalue weighted by molar-refractivity contribution is 0.0690. The summed E-state index contributed by atoms with van der Waals surface area (Å²) in [6, 6.07) is 11.9. The minimum absolute atomic E-state index is 0.145. The lowest BCUT2D eigenvalue weighted by Gasteiger charge is -2.14. The summed E-state index contributed by atoms with van der Waals surface area (Å²) in [6.07, 6.45) is 0. The third-order valence-corrected chi connectivity index (χ3v) is 4.68. The van der Waals surface area contributed by atoms with Crippen molar-refractivity contribution in [2.24, 2.45) is 0 Å². The van der Waals surface area contributed by atoms with Crippen molar-refractivity contribution in [1.82, 2.24) is 0 Å². The summed E-state index contributed by atoms with van der Waals surface area (Å²) >= 11 is 1.74. The molecule has 108 valence electrons. The Bertz CT molecular complexity index is 687. The first-order valence-corrected chi connectivity index (χ1v) is 7.51. The molecule has 0 aliphatic carbocycles. The van der Waals surface area contributed by atoms with Gasteiger partial charge in [0.2, 0.25) is 0 Å². The summed E-state index contributed by atoms with van der Waals surface area (Å²) in [5.74, 6) is -1.01. The lowest BCUT2D eigenvalue weighted by atomic mass is 10.0. The third-order valence-electron chi connectivity index (χ3n) is 3.43. The second-order valence-electron chi connectivity index (χ2n) is 4.78. The largest absolute Gasteiger partial charge is 0.489 e. The van der Waals surface area contributed by atoms with Gasteiger partial charge in [-0.25, -0.2) is 9.18 Å². The number of carboxylic acid groups (broad SMARTS) is 1. The minimum Gasteiger partial charge on any atom is -0.489 e. The maximum atomic E-state index is 13.8. The molecular weight excluding hydrogens is 291 g/mol. The molecule has 21 heavy (non-hydrogen) atoms. The number of hydrogen-bond donors (Lipinski definition) is 1. The summed E-state index contributed by atoms with van der Waals surface area (Å²) in [5.41, 5.74) is 1.03. The molecule has 1 N–H and O–H groups in total. The van der Waals surface area contributed by atoms with Gasteiger partial charge in [-0.1, -0.05) is 24.3 Å². The molecule has 0 saturated carbocycles. The maximum Gasteiger partial charge on any atom is 0.339 e. The first-order chi connectivity index (χ1) is 10.2. The first kappa shape index (κ1) is 13.9. The van der Waals surface area contributed by atoms with Gasteiger partial charge in [0.25, 0.3) is 0 Å². The molecule has 0 bridgehead atoms. The monoisotopic (exact) mass is 304 g/mol. The number of fused-ring (bicyclic) bond motifs is 1. The molecule has 0 spiro atoms. The Hall–Kier alpha value is -2.01. The number of rotatable bonds is 4. The molecule has 5 heteroatoms. The van der Waals surface area contributed by atoms with Crippen molar-refractivity contribution in [3.05, 3.63) is 59.4 Å². The van der Waals surface area contributed by atoms with Crippen molar-refractivity contribution >= 4 is 17.7 Å². The number of ether oxygens (including phenoxy) is 1. The normalized spacial score (nSPS) is 16.5. The summed E-state index contributed by atoms with van der Waals surface area (Å²) in [4.78, 5) is 12.3. The number of halogens is 1. The quantitative estimate of drug-likeness (QED) is 0.933. The fraction of sp³-hybridized carbons (Fsp3) is 0.188. The first-order valence-electron chi connectivity index (χ1n) is 6.53. The molecular formula is C16H13FO3S. The van der Waals surface area contributed by atoms with Crippen molar-refractivity contribution in [3.63, 3.8) is 0 Å². The van der Waals surface area contributed by atoms with Crippen LogP contribution in [0.3, 0.4) is 0 Å². The Morgan fingerprint density at radius 2 is 2.10 bits per heavy atom. The van der Waals surface area contributed by atoms with Gasteiger partial charge in [-0.3, -0.25) is 0 Å². The molecule has 1 aliphatic heterocycles. The summed E-state index contributed by atoms with van der Waals surface area (Å²) in [7, 11) is 0. The van der Waals surface area contributed by atoms with Crippen LogP contribution in [0.1, 0.15) is 21.8 Å². The van der Waals surface area contributed by atoms with E-state index in [1.807, 2.05) is 24.3 Å². The Labute approximate surface area is 125 Å². The van der Waals surface area contributed by atoms with Crippen molar-refractivity contribution in [3.8, 4) is 5.75 Å². The van der Waals surface area contributed by atoms with Gasteiger partial charge in [0, 0.05) is 16.6 Å². The van der Waals surface area contributed by atoms with Gasteiger partial charge in [-0.2, -0.15) is 0 Å². The van der Waals surface area contributed by atoms with Gasteiger partial charge in [0.1, 0.15) is 5.56 Å². The fourth-order valence-electron chi connectivity index (χ4n) is 2.38. The van der Waals surface area contributed by atoms with Gasteiger partial charge in [-0.15, -0.1) is 11.8 Å². The molecule has 1 aliphatic rings. The lowest BCUT2D eigenvalue weighted by Crippen LogP contribution is -2.13. The fourth-order valence-corrected chi connectivity index (χ4v) is 3.61. The Morgan fingerprint density at radius 1 is 1.29 bits per heavy atom. The van der Waals surface area contributed by atoms with Crippen LogP contribution in [0.4, 0.5) is 4.39 Å². The summed E-state index contributed by atoms with van der Waals surface area (Å²) in [5, 5.41) is 9.09. The smallest absolute Gasteiger partial charge is 0.339 e. The summed E-state index contributed by atoms with van der Waals surface area (Å²) in [6.45, 7) is 0.269. The molecule has 0 radical (unpaired) electrons. The van der Waals surface area contributed by atoms with E-state index in [4.69, 9.17) is 9.84 Å². The van der Waals surface area contributed by atoms with Crippen LogP contribution in [0.15, 0.2) is 47.4 Å². The number of hydrogen-bond acceptors (Lipinski definition) is 3. The minimum atomic E-state index is -1.19. The SMILES string of the molecule is O=C(O)c1cccc(F)c1OCC1CSc2ccccc21. The van der Waals surface area contributed by atoms with E-state index in [2.05, 4.69) is 0 Å². The van der Waals surface area contributed by atoms with E-state index in [1.54, 1.807) is 11.8 Å². The van der Waals surface area contributed by atoms with E-state index >= 15 is 0 Å². The molecule has 0 amide bonds. The molecule has 0 fully saturated rings. The zero-order valence-electron chi connectivity index (χ0n) is 11.1. The molecule has 1 unspecified atom stereocenters. The maximum absolute atomic E-state index is 13.8. The van der Waals surface area contributed by atoms with Crippen LogP contribution < -0.4 is 4.74 Å². The highest BCUT2D eigenvalue weighted by Crippen LogP contribution is 2.39. The topological polar surface area (TPSA) is 46.5 Å². The molecule has 0 aromatic heterocycles. The molecule has 1 heterocycles. The summed E-state index contributed by atoms with van der Waals surface area (Å²) < 4.78 is 19.3. The Balaban J connectivity index is 1.79. The highest BCUT2D eigenvalue weighted by atomic mass is 32.2. The van der Waals surface area contributed by atoms with Crippen molar-refractivity contribution < 1.29 is 19.0 Å². The predicted octanol–water partition coefficient (Wildman–Crippen LogP) is 3.79. The Morgan fingerprint density at radius 3 is 2.90 bits per heavy atom. The van der Waals surface area contributed by atoms with E-state index in [9.17, 15) is 9.18 Å². The molecule has 0 saturated heterocycles. The van der Waals surface area contributed by atoms with Gasteiger partial charge >= 0.3 is 5.97 Å². The van der Waals surface area contributed by atoms with Crippen LogP contribution >= 0.6 is 11.8 Å². The molecule has 2 aromatic carbocycles. The number of benzene rings is 2. The van der Waals surface area contributed by atoms with Gasteiger partial charge in [0.05, 0.1) is 6.61 Å². The van der Waals surface area contributed by atoms with Crippen LogP contribution in [0.2, 0.25) is 0 Å². The van der Waals surface area contributed by atoms with Crippen LogP contribution in [-0.2, 0) is 0 Å². The third kappa shape index (κ3) is 2.74. The van der Waals surface area contributed by atoms with E-state index < -0.39 is 11.8 Å². The second-order valence-corrected chi connectivity index (χ2v) is 5.84. The highest BCUT2D eigenvalue weighted by molar-refractivity contribution is 7.99. The Kier molecular flexibility index (Phi) is 3.84. The average molecular weight is 304 g/mol. The highest BCUT2D eigenvalue weighted by Gasteiger charge is 2.24. The van der Waals surface area contributed by atoms with Crippen LogP contribution in [0.5, 0.6) is 5.75 Å². The second kappa shape index (κ2) is 5.77. The van der Waals surface area contributed by atoms with E-state index in [-0.39, 0.29) is 23.8 Å². The van der Waals surface area contributed by atoms with Crippen LogP contribution in [0, 0.1) is 5.82 Å². The van der Waals surface area contributed by atoms with Crippen molar-refractivity contribution in [2.75, 3.05) is 12.4 Å². The number of carboxylic acids is 1. The van der Waals surface area contributed by atoms with Crippen molar-refractivity contribution in [1.29, 1.82) is 0 Å². The molecule has 1 atom stereocenters. The number of para-hydroxylation sites is 1. The van der Waals surface area contributed by atoms with Gasteiger partial charge in [0.15, 0.2) is 11.6 Å². The number of thioether (sulfide) groups is 1. The van der Waals surface area contributed by atoms with Crippen molar-refractivity contribution in [2.45, 2.75) is 10.8 Å². The average Bonchev–Trinajstić information content (AvgIpc) is 2.89. The zero-order valence-corrected chi connectivity index (χ0v) is 11.9. The number of carbonyl (C=O) groups is 1. The molecule has 3 rings (SSSR count). The number of aromatic carboxylic acids is 1. The molecule has 3 nitrogen and oxygen atoms in total. The van der Waals surface area contributed by atoms with Crippen LogP contribution in [-0.4, -0.2) is 23.4 Å².